The lowest BCUT2D eigenvalue weighted by Gasteiger charge is -2.27. The highest BCUT2D eigenvalue weighted by Crippen LogP contribution is 2.26. The van der Waals surface area contributed by atoms with E-state index in [9.17, 15) is 4.79 Å². The molecule has 0 saturated carbocycles. The van der Waals surface area contributed by atoms with E-state index in [1.807, 2.05) is 0 Å². The van der Waals surface area contributed by atoms with Gasteiger partial charge in [0.2, 0.25) is 5.91 Å². The molecule has 1 aromatic rings. The Morgan fingerprint density at radius 3 is 3.24 bits per heavy atom. The van der Waals surface area contributed by atoms with E-state index in [4.69, 9.17) is 16.3 Å². The maximum Gasteiger partial charge on any atom is 0.229 e. The van der Waals surface area contributed by atoms with Gasteiger partial charge in [0.1, 0.15) is 4.34 Å². The fraction of sp³-hybridized carbons (Fsp3) is 0.636. The molecule has 2 rings (SSSR count). The SMILES string of the molecule is CC[C@@H]1C[C@@H](C(=O)Nc2ncc(Cl)s2)CCO1. The second-order valence-electron chi connectivity index (χ2n) is 4.08. The molecule has 1 N–H and O–H groups in total. The van der Waals surface area contributed by atoms with Crippen LogP contribution >= 0.6 is 22.9 Å². The van der Waals surface area contributed by atoms with Crippen LogP contribution in [0.3, 0.4) is 0 Å². The number of carbonyl (C=O) groups excluding carboxylic acids is 1. The number of hydrogen-bond acceptors (Lipinski definition) is 4. The number of carbonyl (C=O) groups is 1. The summed E-state index contributed by atoms with van der Waals surface area (Å²) < 4.78 is 6.13. The van der Waals surface area contributed by atoms with Gasteiger partial charge >= 0.3 is 0 Å². The number of hydrogen-bond donors (Lipinski definition) is 1. The summed E-state index contributed by atoms with van der Waals surface area (Å²) in [6.45, 7) is 2.74. The van der Waals surface area contributed by atoms with E-state index in [2.05, 4.69) is 17.2 Å². The van der Waals surface area contributed by atoms with Crippen LogP contribution < -0.4 is 5.32 Å². The van der Waals surface area contributed by atoms with Crippen LogP contribution in [0.15, 0.2) is 6.20 Å². The predicted molar refractivity (Wildman–Crippen MR) is 68.5 cm³/mol. The fourth-order valence-electron chi connectivity index (χ4n) is 1.92. The van der Waals surface area contributed by atoms with Crippen LogP contribution in [-0.4, -0.2) is 23.6 Å². The summed E-state index contributed by atoms with van der Waals surface area (Å²) in [4.78, 5) is 16.0. The zero-order chi connectivity index (χ0) is 12.3. The third-order valence-corrected chi connectivity index (χ3v) is 3.93. The topological polar surface area (TPSA) is 51.2 Å². The molecule has 0 bridgehead atoms. The molecule has 1 aromatic heterocycles. The van der Waals surface area contributed by atoms with Crippen molar-refractivity contribution in [2.75, 3.05) is 11.9 Å². The number of amides is 1. The first-order chi connectivity index (χ1) is 8.19. The molecule has 17 heavy (non-hydrogen) atoms. The molecular weight excluding hydrogens is 260 g/mol. The lowest BCUT2D eigenvalue weighted by atomic mass is 9.94. The average molecular weight is 275 g/mol. The zero-order valence-electron chi connectivity index (χ0n) is 9.61. The van der Waals surface area contributed by atoms with Crippen LogP contribution in [0.25, 0.3) is 0 Å². The van der Waals surface area contributed by atoms with E-state index in [0.29, 0.717) is 16.1 Å². The highest BCUT2D eigenvalue weighted by molar-refractivity contribution is 7.19. The van der Waals surface area contributed by atoms with Crippen molar-refractivity contribution in [1.29, 1.82) is 0 Å². The average Bonchev–Trinajstić information content (AvgIpc) is 2.75. The molecule has 1 saturated heterocycles. The lowest BCUT2D eigenvalue weighted by molar-refractivity contribution is -0.124. The van der Waals surface area contributed by atoms with Crippen molar-refractivity contribution >= 4 is 34.0 Å². The van der Waals surface area contributed by atoms with Gasteiger partial charge in [0.25, 0.3) is 0 Å². The Labute approximate surface area is 109 Å². The van der Waals surface area contributed by atoms with E-state index in [1.165, 1.54) is 11.3 Å². The minimum Gasteiger partial charge on any atom is -0.378 e. The van der Waals surface area contributed by atoms with Crippen molar-refractivity contribution in [1.82, 2.24) is 4.98 Å². The third kappa shape index (κ3) is 3.40. The number of ether oxygens (including phenoxy) is 1. The lowest BCUT2D eigenvalue weighted by Crippen LogP contribution is -2.33. The van der Waals surface area contributed by atoms with Crippen LogP contribution in [0.4, 0.5) is 5.13 Å². The van der Waals surface area contributed by atoms with Gasteiger partial charge in [-0.1, -0.05) is 29.9 Å². The minimum atomic E-state index is 0.0244. The van der Waals surface area contributed by atoms with Crippen molar-refractivity contribution in [2.45, 2.75) is 32.3 Å². The molecule has 1 aliphatic rings. The second kappa shape index (κ2) is 5.80. The molecule has 6 heteroatoms. The van der Waals surface area contributed by atoms with Gasteiger partial charge in [0, 0.05) is 12.5 Å². The maximum absolute atomic E-state index is 12.0. The molecule has 4 nitrogen and oxygen atoms in total. The molecule has 0 radical (unpaired) electrons. The van der Waals surface area contributed by atoms with Gasteiger partial charge in [-0.05, 0) is 19.3 Å². The summed E-state index contributed by atoms with van der Waals surface area (Å²) in [5.41, 5.74) is 0. The van der Waals surface area contributed by atoms with Gasteiger partial charge in [-0.15, -0.1) is 0 Å². The molecule has 1 amide bonds. The van der Waals surface area contributed by atoms with Crippen LogP contribution in [0.2, 0.25) is 4.34 Å². The first kappa shape index (κ1) is 12.8. The van der Waals surface area contributed by atoms with E-state index in [1.54, 1.807) is 6.20 Å². The van der Waals surface area contributed by atoms with Crippen molar-refractivity contribution in [3.8, 4) is 0 Å². The van der Waals surface area contributed by atoms with Crippen molar-refractivity contribution in [3.63, 3.8) is 0 Å². The van der Waals surface area contributed by atoms with Gasteiger partial charge in [-0.25, -0.2) is 4.98 Å². The van der Waals surface area contributed by atoms with Crippen LogP contribution in [0.1, 0.15) is 26.2 Å². The first-order valence-corrected chi connectivity index (χ1v) is 6.92. The molecule has 1 fully saturated rings. The summed E-state index contributed by atoms with van der Waals surface area (Å²) in [5, 5.41) is 3.37. The number of thiazole rings is 1. The highest BCUT2D eigenvalue weighted by atomic mass is 35.5. The third-order valence-electron chi connectivity index (χ3n) is 2.90. The van der Waals surface area contributed by atoms with E-state index in [0.717, 1.165) is 19.3 Å². The standard InChI is InChI=1S/C11H15ClN2O2S/c1-2-8-5-7(3-4-16-8)10(15)14-11-13-6-9(12)17-11/h6-8H,2-5H2,1H3,(H,13,14,15)/t7-,8+/m0/s1. The zero-order valence-corrected chi connectivity index (χ0v) is 11.2. The number of nitrogens with one attached hydrogen (secondary N) is 1. The Kier molecular flexibility index (Phi) is 4.36. The molecule has 0 aromatic carbocycles. The molecule has 0 aliphatic carbocycles. The Morgan fingerprint density at radius 1 is 1.76 bits per heavy atom. The summed E-state index contributed by atoms with van der Waals surface area (Å²) in [7, 11) is 0. The van der Waals surface area contributed by atoms with Crippen LogP contribution in [0.5, 0.6) is 0 Å². The number of aromatic nitrogens is 1. The maximum atomic E-state index is 12.0. The minimum absolute atomic E-state index is 0.0244. The number of anilines is 1. The van der Waals surface area contributed by atoms with E-state index in [-0.39, 0.29) is 17.9 Å². The van der Waals surface area contributed by atoms with Crippen molar-refractivity contribution < 1.29 is 9.53 Å². The van der Waals surface area contributed by atoms with Crippen molar-refractivity contribution in [3.05, 3.63) is 10.5 Å². The van der Waals surface area contributed by atoms with Gasteiger partial charge in [-0.2, -0.15) is 0 Å². The van der Waals surface area contributed by atoms with E-state index < -0.39 is 0 Å². The van der Waals surface area contributed by atoms with Crippen LogP contribution in [-0.2, 0) is 9.53 Å². The molecule has 2 heterocycles. The fourth-order valence-corrected chi connectivity index (χ4v) is 2.74. The number of nitrogens with zero attached hydrogens (tertiary/aromatic N) is 1. The van der Waals surface area contributed by atoms with Crippen molar-refractivity contribution in [2.24, 2.45) is 5.92 Å². The number of rotatable bonds is 3. The van der Waals surface area contributed by atoms with Crippen LogP contribution in [0, 0.1) is 5.92 Å². The number of halogens is 1. The Morgan fingerprint density at radius 2 is 2.59 bits per heavy atom. The second-order valence-corrected chi connectivity index (χ2v) is 5.74. The summed E-state index contributed by atoms with van der Waals surface area (Å²) in [6, 6.07) is 0. The molecule has 1 aliphatic heterocycles. The Balaban J connectivity index is 1.91. The van der Waals surface area contributed by atoms with Gasteiger partial charge < -0.3 is 10.1 Å². The Bertz CT molecular complexity index is 397. The molecular formula is C11H15ClN2O2S. The molecule has 0 spiro atoms. The smallest absolute Gasteiger partial charge is 0.229 e. The first-order valence-electron chi connectivity index (χ1n) is 5.72. The predicted octanol–water partition coefficient (Wildman–Crippen LogP) is 2.94. The molecule has 94 valence electrons. The van der Waals surface area contributed by atoms with Gasteiger partial charge in [0.05, 0.1) is 12.3 Å². The highest BCUT2D eigenvalue weighted by Gasteiger charge is 2.27. The molecule has 0 unspecified atom stereocenters. The normalized spacial score (nSPS) is 24.6. The Hall–Kier alpha value is -0.650. The van der Waals surface area contributed by atoms with Gasteiger partial charge in [0.15, 0.2) is 5.13 Å². The quantitative estimate of drug-likeness (QED) is 0.922. The summed E-state index contributed by atoms with van der Waals surface area (Å²) in [6.07, 6.45) is 4.27. The van der Waals surface area contributed by atoms with Gasteiger partial charge in [-0.3, -0.25) is 4.79 Å². The largest absolute Gasteiger partial charge is 0.378 e. The molecule has 2 atom stereocenters. The van der Waals surface area contributed by atoms with E-state index >= 15 is 0 Å². The monoisotopic (exact) mass is 274 g/mol. The summed E-state index contributed by atoms with van der Waals surface area (Å²) in [5.74, 6) is 0.0501. The summed E-state index contributed by atoms with van der Waals surface area (Å²) >= 11 is 7.04.